The number of aryl methyl sites for hydroxylation is 1. The Bertz CT molecular complexity index is 358. The van der Waals surface area contributed by atoms with E-state index in [1.54, 1.807) is 0 Å². The van der Waals surface area contributed by atoms with Crippen LogP contribution in [0.4, 0.5) is 5.82 Å². The van der Waals surface area contributed by atoms with Gasteiger partial charge in [-0.05, 0) is 6.92 Å². The molecule has 4 heteroatoms. The Balaban J connectivity index is 1.91. The highest BCUT2D eigenvalue weighted by Crippen LogP contribution is 2.32. The second-order valence-corrected chi connectivity index (χ2v) is 3.45. The fourth-order valence-corrected chi connectivity index (χ4v) is 1.80. The molecule has 1 saturated heterocycles. The molecule has 0 N–H and O–H groups in total. The van der Waals surface area contributed by atoms with Crippen LogP contribution in [-0.4, -0.2) is 17.3 Å². The van der Waals surface area contributed by atoms with Crippen molar-refractivity contribution in [1.82, 2.24) is 5.16 Å². The zero-order chi connectivity index (χ0) is 8.84. The minimum atomic E-state index is 0.238. The highest BCUT2D eigenvalue weighted by Gasteiger charge is 2.36. The van der Waals surface area contributed by atoms with Gasteiger partial charge in [0.05, 0.1) is 6.04 Å². The van der Waals surface area contributed by atoms with Gasteiger partial charge in [-0.25, -0.2) is 5.06 Å². The zero-order valence-electron chi connectivity index (χ0n) is 7.30. The highest BCUT2D eigenvalue weighted by molar-refractivity contribution is 5.41. The summed E-state index contributed by atoms with van der Waals surface area (Å²) in [5.74, 6) is 1.58. The summed E-state index contributed by atoms with van der Waals surface area (Å²) in [6, 6.07) is 2.23. The molecular weight excluding hydrogens is 168 g/mol. The van der Waals surface area contributed by atoms with E-state index in [9.17, 15) is 0 Å². The SMILES string of the molecule is Cc1cc(N2OC3C=CC2C3)no1. The summed E-state index contributed by atoms with van der Waals surface area (Å²) in [6.45, 7) is 1.88. The quantitative estimate of drug-likeness (QED) is 0.610. The lowest BCUT2D eigenvalue weighted by Crippen LogP contribution is -2.28. The normalized spacial score (nSPS) is 30.4. The molecule has 0 amide bonds. The van der Waals surface area contributed by atoms with E-state index in [0.29, 0.717) is 6.04 Å². The van der Waals surface area contributed by atoms with Crippen LogP contribution in [0.25, 0.3) is 0 Å². The molecule has 0 radical (unpaired) electrons. The van der Waals surface area contributed by atoms with E-state index >= 15 is 0 Å². The molecule has 2 unspecified atom stereocenters. The average molecular weight is 178 g/mol. The number of hydrogen-bond acceptors (Lipinski definition) is 4. The van der Waals surface area contributed by atoms with Crippen LogP contribution in [0.15, 0.2) is 22.7 Å². The maximum Gasteiger partial charge on any atom is 0.196 e. The number of aromatic nitrogens is 1. The van der Waals surface area contributed by atoms with Crippen LogP contribution in [0, 0.1) is 6.92 Å². The van der Waals surface area contributed by atoms with Gasteiger partial charge in [0.25, 0.3) is 0 Å². The number of hydroxylamine groups is 1. The molecular formula is C9H10N2O2. The number of anilines is 1. The van der Waals surface area contributed by atoms with Gasteiger partial charge in [-0.2, -0.15) is 0 Å². The summed E-state index contributed by atoms with van der Waals surface area (Å²) in [7, 11) is 0. The monoisotopic (exact) mass is 178 g/mol. The van der Waals surface area contributed by atoms with Crippen LogP contribution in [0.5, 0.6) is 0 Å². The van der Waals surface area contributed by atoms with Crippen molar-refractivity contribution in [3.05, 3.63) is 24.0 Å². The Hall–Kier alpha value is -1.29. The summed E-state index contributed by atoms with van der Waals surface area (Å²) < 4.78 is 4.99. The van der Waals surface area contributed by atoms with Gasteiger partial charge >= 0.3 is 0 Å². The van der Waals surface area contributed by atoms with E-state index in [-0.39, 0.29) is 6.10 Å². The Morgan fingerprint density at radius 1 is 1.54 bits per heavy atom. The van der Waals surface area contributed by atoms with Crippen molar-refractivity contribution in [1.29, 1.82) is 0 Å². The van der Waals surface area contributed by atoms with Gasteiger partial charge in [0, 0.05) is 12.5 Å². The highest BCUT2D eigenvalue weighted by atomic mass is 16.7. The predicted octanol–water partition coefficient (Wildman–Crippen LogP) is 1.43. The maximum atomic E-state index is 5.58. The van der Waals surface area contributed by atoms with Crippen molar-refractivity contribution in [3.8, 4) is 0 Å². The van der Waals surface area contributed by atoms with Gasteiger partial charge in [-0.3, -0.25) is 4.84 Å². The van der Waals surface area contributed by atoms with Crippen molar-refractivity contribution >= 4 is 5.82 Å². The number of fused-ring (bicyclic) bond motifs is 2. The largest absolute Gasteiger partial charge is 0.359 e. The molecule has 4 nitrogen and oxygen atoms in total. The molecule has 0 saturated carbocycles. The van der Waals surface area contributed by atoms with Crippen LogP contribution in [0.1, 0.15) is 12.2 Å². The fraction of sp³-hybridized carbons (Fsp3) is 0.444. The van der Waals surface area contributed by atoms with Crippen LogP contribution in [0.2, 0.25) is 0 Å². The van der Waals surface area contributed by atoms with Gasteiger partial charge in [0.15, 0.2) is 5.82 Å². The van der Waals surface area contributed by atoms with Crippen molar-refractivity contribution in [2.75, 3.05) is 5.06 Å². The summed E-state index contributed by atoms with van der Waals surface area (Å²) in [6.07, 6.45) is 5.51. The molecule has 1 aromatic rings. The number of hydrogen-bond donors (Lipinski definition) is 0. The third kappa shape index (κ3) is 0.986. The minimum Gasteiger partial charge on any atom is -0.359 e. The Kier molecular flexibility index (Phi) is 1.29. The van der Waals surface area contributed by atoms with Crippen molar-refractivity contribution in [2.24, 2.45) is 0 Å². The topological polar surface area (TPSA) is 38.5 Å². The molecule has 0 aromatic carbocycles. The first kappa shape index (κ1) is 7.15. The number of nitrogens with zero attached hydrogens (tertiary/aromatic N) is 2. The fourth-order valence-electron chi connectivity index (χ4n) is 1.80. The van der Waals surface area contributed by atoms with Crippen LogP contribution < -0.4 is 5.06 Å². The van der Waals surface area contributed by atoms with Crippen LogP contribution in [0.3, 0.4) is 0 Å². The standard InChI is InChI=1S/C9H10N2O2/c1-6-4-9(10-12-6)11-7-2-3-8(5-7)13-11/h2-4,7-8H,5H2,1H3. The molecule has 0 spiro atoms. The summed E-state index contributed by atoms with van der Waals surface area (Å²) in [5, 5.41) is 5.73. The van der Waals surface area contributed by atoms with Crippen molar-refractivity contribution in [2.45, 2.75) is 25.5 Å². The first-order chi connectivity index (χ1) is 6.33. The zero-order valence-corrected chi connectivity index (χ0v) is 7.30. The van der Waals surface area contributed by atoms with Crippen LogP contribution >= 0.6 is 0 Å². The van der Waals surface area contributed by atoms with Crippen molar-refractivity contribution in [3.63, 3.8) is 0 Å². The maximum absolute atomic E-state index is 5.58. The minimum absolute atomic E-state index is 0.238. The second kappa shape index (κ2) is 2.35. The Morgan fingerprint density at radius 3 is 3.00 bits per heavy atom. The molecule has 13 heavy (non-hydrogen) atoms. The molecule has 2 bridgehead atoms. The Labute approximate surface area is 75.7 Å². The van der Waals surface area contributed by atoms with E-state index in [1.807, 2.05) is 18.1 Å². The molecule has 1 aliphatic carbocycles. The first-order valence-corrected chi connectivity index (χ1v) is 4.40. The van der Waals surface area contributed by atoms with E-state index in [2.05, 4.69) is 17.3 Å². The van der Waals surface area contributed by atoms with E-state index < -0.39 is 0 Å². The lowest BCUT2D eigenvalue weighted by Gasteiger charge is -2.20. The first-order valence-electron chi connectivity index (χ1n) is 4.40. The van der Waals surface area contributed by atoms with Crippen molar-refractivity contribution < 1.29 is 9.36 Å². The molecule has 2 atom stereocenters. The van der Waals surface area contributed by atoms with Gasteiger partial charge < -0.3 is 4.52 Å². The molecule has 68 valence electrons. The van der Waals surface area contributed by atoms with Gasteiger partial charge in [0.2, 0.25) is 0 Å². The second-order valence-electron chi connectivity index (χ2n) is 3.45. The van der Waals surface area contributed by atoms with E-state index in [4.69, 9.17) is 9.36 Å². The average Bonchev–Trinajstić information content (AvgIpc) is 2.77. The third-order valence-electron chi connectivity index (χ3n) is 2.41. The molecule has 1 fully saturated rings. The number of rotatable bonds is 1. The Morgan fingerprint density at radius 2 is 2.46 bits per heavy atom. The molecule has 1 aromatic heterocycles. The molecule has 1 aliphatic heterocycles. The third-order valence-corrected chi connectivity index (χ3v) is 2.41. The lowest BCUT2D eigenvalue weighted by atomic mass is 10.2. The lowest BCUT2D eigenvalue weighted by molar-refractivity contribution is 0.107. The van der Waals surface area contributed by atoms with E-state index in [0.717, 1.165) is 18.0 Å². The molecule has 2 heterocycles. The summed E-state index contributed by atoms with van der Waals surface area (Å²) in [5.41, 5.74) is 0. The van der Waals surface area contributed by atoms with E-state index in [1.165, 1.54) is 0 Å². The molecule has 3 rings (SSSR count). The van der Waals surface area contributed by atoms with Gasteiger partial charge in [-0.15, -0.1) is 0 Å². The van der Waals surface area contributed by atoms with Gasteiger partial charge in [0.1, 0.15) is 11.9 Å². The van der Waals surface area contributed by atoms with Crippen LogP contribution in [-0.2, 0) is 4.84 Å². The smallest absolute Gasteiger partial charge is 0.196 e. The molecule has 2 aliphatic rings. The predicted molar refractivity (Wildman–Crippen MR) is 46.1 cm³/mol. The summed E-state index contributed by atoms with van der Waals surface area (Å²) >= 11 is 0. The van der Waals surface area contributed by atoms with Gasteiger partial charge in [-0.1, -0.05) is 17.3 Å². The summed E-state index contributed by atoms with van der Waals surface area (Å²) in [4.78, 5) is 5.58.